The summed E-state index contributed by atoms with van der Waals surface area (Å²) in [5.41, 5.74) is 0.294. The fourth-order valence-corrected chi connectivity index (χ4v) is 2.97. The molecular weight excluding hydrogens is 267 g/mol. The van der Waals surface area contributed by atoms with Crippen molar-refractivity contribution in [1.82, 2.24) is 10.2 Å². The Morgan fingerprint density at radius 1 is 1.05 bits per heavy atom. The molecule has 1 aromatic carbocycles. The fourth-order valence-electron chi connectivity index (χ4n) is 2.97. The van der Waals surface area contributed by atoms with E-state index in [0.717, 1.165) is 45.0 Å². The average molecular weight is 285 g/mol. The van der Waals surface area contributed by atoms with Gasteiger partial charge in [-0.1, -0.05) is 0 Å². The zero-order valence-electron chi connectivity index (χ0n) is 11.2. The lowest BCUT2D eigenvalue weighted by atomic mass is 10.1. The van der Waals surface area contributed by atoms with Gasteiger partial charge in [-0.15, -0.1) is 0 Å². The maximum absolute atomic E-state index is 12.6. The van der Waals surface area contributed by atoms with Crippen molar-refractivity contribution in [2.75, 3.05) is 44.2 Å². The number of nitrogens with one attached hydrogen (secondary N) is 1. The molecule has 0 aliphatic carbocycles. The number of benzene rings is 1. The van der Waals surface area contributed by atoms with Gasteiger partial charge in [-0.2, -0.15) is 13.2 Å². The first kappa shape index (κ1) is 13.7. The van der Waals surface area contributed by atoms with Crippen LogP contribution in [0.3, 0.4) is 0 Å². The zero-order valence-corrected chi connectivity index (χ0v) is 11.2. The molecule has 0 spiro atoms. The average Bonchev–Trinajstić information content (AvgIpc) is 2.46. The minimum absolute atomic E-state index is 0.458. The topological polar surface area (TPSA) is 18.5 Å². The molecule has 0 amide bonds. The highest BCUT2D eigenvalue weighted by Gasteiger charge is 2.31. The first-order chi connectivity index (χ1) is 9.54. The molecule has 0 bridgehead atoms. The van der Waals surface area contributed by atoms with Gasteiger partial charge in [0.15, 0.2) is 0 Å². The molecule has 2 aliphatic rings. The molecule has 0 saturated carbocycles. The Balaban J connectivity index is 1.70. The number of piperazine rings is 2. The lowest BCUT2D eigenvalue weighted by Gasteiger charge is -2.45. The minimum Gasteiger partial charge on any atom is -0.369 e. The van der Waals surface area contributed by atoms with Crippen molar-refractivity contribution in [1.29, 1.82) is 0 Å². The van der Waals surface area contributed by atoms with Gasteiger partial charge in [0.25, 0.3) is 0 Å². The normalized spacial score (nSPS) is 24.6. The summed E-state index contributed by atoms with van der Waals surface area (Å²) in [5.74, 6) is 0. The molecule has 1 aromatic rings. The van der Waals surface area contributed by atoms with Crippen LogP contribution in [-0.4, -0.2) is 50.2 Å². The van der Waals surface area contributed by atoms with E-state index in [1.54, 1.807) is 12.1 Å². The monoisotopic (exact) mass is 285 g/mol. The van der Waals surface area contributed by atoms with Gasteiger partial charge in [-0.05, 0) is 24.3 Å². The quantitative estimate of drug-likeness (QED) is 0.849. The standard InChI is InChI=1S/C14H18F3N3/c15-14(16,17)11-1-3-12(4-2-11)20-8-7-19-6-5-18-9-13(19)10-20/h1-4,13,18H,5-10H2. The Kier molecular flexibility index (Phi) is 3.60. The summed E-state index contributed by atoms with van der Waals surface area (Å²) >= 11 is 0. The maximum atomic E-state index is 12.6. The van der Waals surface area contributed by atoms with Gasteiger partial charge < -0.3 is 10.2 Å². The molecule has 2 aliphatic heterocycles. The summed E-state index contributed by atoms with van der Waals surface area (Å²) in [5, 5.41) is 3.37. The summed E-state index contributed by atoms with van der Waals surface area (Å²) in [6.45, 7) is 5.77. The maximum Gasteiger partial charge on any atom is 0.416 e. The van der Waals surface area contributed by atoms with E-state index in [1.165, 1.54) is 12.1 Å². The molecule has 0 aromatic heterocycles. The number of alkyl halides is 3. The van der Waals surface area contributed by atoms with Crippen LogP contribution in [0.5, 0.6) is 0 Å². The van der Waals surface area contributed by atoms with Crippen molar-refractivity contribution < 1.29 is 13.2 Å². The predicted molar refractivity (Wildman–Crippen MR) is 71.9 cm³/mol. The Morgan fingerprint density at radius 3 is 2.50 bits per heavy atom. The van der Waals surface area contributed by atoms with Crippen LogP contribution >= 0.6 is 0 Å². The number of anilines is 1. The van der Waals surface area contributed by atoms with Gasteiger partial charge in [-0.3, -0.25) is 4.90 Å². The highest BCUT2D eigenvalue weighted by molar-refractivity contribution is 5.48. The van der Waals surface area contributed by atoms with Crippen molar-refractivity contribution in [3.8, 4) is 0 Å². The number of rotatable bonds is 1. The Hall–Kier alpha value is -1.27. The van der Waals surface area contributed by atoms with Gasteiger partial charge in [0.1, 0.15) is 0 Å². The van der Waals surface area contributed by atoms with Gasteiger partial charge in [0.05, 0.1) is 5.56 Å². The van der Waals surface area contributed by atoms with Gasteiger partial charge >= 0.3 is 6.18 Å². The van der Waals surface area contributed by atoms with Crippen LogP contribution < -0.4 is 10.2 Å². The number of hydrogen-bond donors (Lipinski definition) is 1. The van der Waals surface area contributed by atoms with Crippen LogP contribution in [0.2, 0.25) is 0 Å². The molecule has 3 rings (SSSR count). The summed E-state index contributed by atoms with van der Waals surface area (Å²) < 4.78 is 37.7. The summed E-state index contributed by atoms with van der Waals surface area (Å²) in [7, 11) is 0. The number of nitrogens with zero attached hydrogens (tertiary/aromatic N) is 2. The van der Waals surface area contributed by atoms with E-state index in [-0.39, 0.29) is 0 Å². The number of halogens is 3. The third-order valence-corrected chi connectivity index (χ3v) is 4.12. The van der Waals surface area contributed by atoms with Crippen molar-refractivity contribution in [3.63, 3.8) is 0 Å². The third kappa shape index (κ3) is 2.76. The SMILES string of the molecule is FC(F)(F)c1ccc(N2CCN3CCNCC3C2)cc1. The second-order valence-electron chi connectivity index (χ2n) is 5.38. The predicted octanol–water partition coefficient (Wildman–Crippen LogP) is 1.80. The summed E-state index contributed by atoms with van der Waals surface area (Å²) in [6.07, 6.45) is -4.26. The smallest absolute Gasteiger partial charge is 0.369 e. The zero-order chi connectivity index (χ0) is 14.2. The van der Waals surface area contributed by atoms with Crippen molar-refractivity contribution in [2.45, 2.75) is 12.2 Å². The van der Waals surface area contributed by atoms with Crippen LogP contribution in [0.1, 0.15) is 5.56 Å². The molecule has 0 radical (unpaired) electrons. The molecule has 1 atom stereocenters. The third-order valence-electron chi connectivity index (χ3n) is 4.12. The van der Waals surface area contributed by atoms with E-state index in [0.29, 0.717) is 6.04 Å². The summed E-state index contributed by atoms with van der Waals surface area (Å²) in [6, 6.07) is 5.95. The molecule has 2 fully saturated rings. The van der Waals surface area contributed by atoms with Crippen LogP contribution in [0.25, 0.3) is 0 Å². The Labute approximate surface area is 116 Å². The minimum atomic E-state index is -4.26. The van der Waals surface area contributed by atoms with E-state index >= 15 is 0 Å². The van der Waals surface area contributed by atoms with Crippen molar-refractivity contribution in [3.05, 3.63) is 29.8 Å². The lowest BCUT2D eigenvalue weighted by Crippen LogP contribution is -2.61. The molecule has 2 heterocycles. The number of fused-ring (bicyclic) bond motifs is 1. The highest BCUT2D eigenvalue weighted by Crippen LogP contribution is 2.31. The van der Waals surface area contributed by atoms with E-state index < -0.39 is 11.7 Å². The van der Waals surface area contributed by atoms with Crippen LogP contribution in [-0.2, 0) is 6.18 Å². The van der Waals surface area contributed by atoms with Gasteiger partial charge in [0, 0.05) is 51.0 Å². The van der Waals surface area contributed by atoms with Crippen LogP contribution in [0, 0.1) is 0 Å². The highest BCUT2D eigenvalue weighted by atomic mass is 19.4. The van der Waals surface area contributed by atoms with Gasteiger partial charge in [-0.25, -0.2) is 0 Å². The molecule has 6 heteroatoms. The van der Waals surface area contributed by atoms with E-state index in [9.17, 15) is 13.2 Å². The Bertz CT molecular complexity index is 458. The number of hydrogen-bond acceptors (Lipinski definition) is 3. The van der Waals surface area contributed by atoms with Crippen molar-refractivity contribution in [2.24, 2.45) is 0 Å². The van der Waals surface area contributed by atoms with Gasteiger partial charge in [0.2, 0.25) is 0 Å². The van der Waals surface area contributed by atoms with Crippen LogP contribution in [0.4, 0.5) is 18.9 Å². The van der Waals surface area contributed by atoms with Crippen LogP contribution in [0.15, 0.2) is 24.3 Å². The van der Waals surface area contributed by atoms with Crippen molar-refractivity contribution >= 4 is 5.69 Å². The molecule has 1 N–H and O–H groups in total. The van der Waals surface area contributed by atoms with E-state index in [2.05, 4.69) is 15.1 Å². The first-order valence-corrected chi connectivity index (χ1v) is 6.91. The molecule has 1 unspecified atom stereocenters. The Morgan fingerprint density at radius 2 is 1.80 bits per heavy atom. The molecule has 2 saturated heterocycles. The fraction of sp³-hybridized carbons (Fsp3) is 0.571. The largest absolute Gasteiger partial charge is 0.416 e. The first-order valence-electron chi connectivity index (χ1n) is 6.91. The molecule has 20 heavy (non-hydrogen) atoms. The lowest BCUT2D eigenvalue weighted by molar-refractivity contribution is -0.137. The molecule has 3 nitrogen and oxygen atoms in total. The second-order valence-corrected chi connectivity index (χ2v) is 5.38. The van der Waals surface area contributed by atoms with E-state index in [4.69, 9.17) is 0 Å². The molecular formula is C14H18F3N3. The second kappa shape index (κ2) is 5.26. The molecule has 110 valence electrons. The summed E-state index contributed by atoms with van der Waals surface area (Å²) in [4.78, 5) is 4.63. The van der Waals surface area contributed by atoms with E-state index in [1.807, 2.05) is 0 Å².